The van der Waals surface area contributed by atoms with E-state index in [0.29, 0.717) is 0 Å². The summed E-state index contributed by atoms with van der Waals surface area (Å²) in [6.45, 7) is 0. The second kappa shape index (κ2) is 17.4. The summed E-state index contributed by atoms with van der Waals surface area (Å²) >= 11 is 0. The third kappa shape index (κ3) is 13.4. The van der Waals surface area contributed by atoms with E-state index < -0.39 is 116 Å². The van der Waals surface area contributed by atoms with E-state index in [1.807, 2.05) is 10.6 Å². The fourth-order valence-corrected chi connectivity index (χ4v) is 3.50. The maximum atomic E-state index is 13.1. The highest BCUT2D eigenvalue weighted by molar-refractivity contribution is 5.97. The highest BCUT2D eigenvalue weighted by Crippen LogP contribution is 2.06. The molecule has 1 aromatic rings. The summed E-state index contributed by atoms with van der Waals surface area (Å²) in [5, 5.41) is 53.4. The number of aromatic amines is 1. The SMILES string of the molecule is N[C@@H](CC(=O)O)C(=O)N[C@@H](Cc1cnc[nH]1)C(=O)N[C@@H](CC(=O)O)C(=O)N[C@@H](CCC(=O)O)C(=O)N[C@@H](CC(=O)O)C(=O)O. The lowest BCUT2D eigenvalue weighted by Gasteiger charge is -2.25. The standard InChI is InChI=1S/C23H31N7O14/c24-10(4-16(33)34)19(39)28-12(3-9-7-25-8-26-9)21(41)29-13(5-17(35)36)22(42)27-11(1-2-15(31)32)20(40)30-14(23(43)44)6-18(37)38/h7-8,10-14H,1-6,24H2,(H,25,26)(H,27,42)(H,28,39)(H,29,41)(H,30,40)(H,31,32)(H,33,34)(H,35,36)(H,37,38)(H,43,44)/t10-,11-,12-,13-,14-/m0/s1. The summed E-state index contributed by atoms with van der Waals surface area (Å²) in [5.74, 6) is -12.7. The van der Waals surface area contributed by atoms with Gasteiger partial charge in [0.25, 0.3) is 0 Å². The van der Waals surface area contributed by atoms with E-state index in [2.05, 4.69) is 20.6 Å². The number of carbonyl (C=O) groups excluding carboxylic acids is 4. The van der Waals surface area contributed by atoms with Gasteiger partial charge in [-0.3, -0.25) is 38.4 Å². The van der Waals surface area contributed by atoms with Crippen LogP contribution in [0.3, 0.4) is 0 Å². The summed E-state index contributed by atoms with van der Waals surface area (Å²) in [6.07, 6.45) is -2.18. The molecule has 0 saturated carbocycles. The molecule has 5 atom stereocenters. The molecular weight excluding hydrogens is 598 g/mol. The molecule has 0 aliphatic rings. The van der Waals surface area contributed by atoms with Gasteiger partial charge in [-0.2, -0.15) is 0 Å². The molecule has 0 aliphatic carbocycles. The number of nitrogens with two attached hydrogens (primary N) is 1. The summed E-state index contributed by atoms with van der Waals surface area (Å²) in [5.41, 5.74) is 5.81. The van der Waals surface area contributed by atoms with Gasteiger partial charge < -0.3 is 57.5 Å². The molecule has 1 heterocycles. The van der Waals surface area contributed by atoms with Crippen LogP contribution in [0.1, 0.15) is 37.8 Å². The quantitative estimate of drug-likeness (QED) is 0.0648. The van der Waals surface area contributed by atoms with E-state index in [9.17, 15) is 53.4 Å². The van der Waals surface area contributed by atoms with Crippen LogP contribution in [0.4, 0.5) is 0 Å². The monoisotopic (exact) mass is 629 g/mol. The topological polar surface area (TPSA) is 358 Å². The number of H-pyrrole nitrogens is 1. The Morgan fingerprint density at radius 3 is 1.64 bits per heavy atom. The molecule has 12 N–H and O–H groups in total. The number of hydrogen-bond donors (Lipinski definition) is 11. The molecule has 4 amide bonds. The van der Waals surface area contributed by atoms with Crippen molar-refractivity contribution in [3.05, 3.63) is 18.2 Å². The summed E-state index contributed by atoms with van der Waals surface area (Å²) in [7, 11) is 0. The molecule has 0 aliphatic heterocycles. The van der Waals surface area contributed by atoms with Gasteiger partial charge in [0, 0.05) is 24.7 Å². The minimum Gasteiger partial charge on any atom is -0.481 e. The van der Waals surface area contributed by atoms with Crippen LogP contribution in [0.15, 0.2) is 12.5 Å². The van der Waals surface area contributed by atoms with Crippen LogP contribution in [-0.2, 0) is 49.6 Å². The number of carboxylic acids is 5. The Balaban J connectivity index is 3.22. The van der Waals surface area contributed by atoms with Crippen molar-refractivity contribution in [2.75, 3.05) is 0 Å². The highest BCUT2D eigenvalue weighted by atomic mass is 16.4. The smallest absolute Gasteiger partial charge is 0.326 e. The zero-order valence-electron chi connectivity index (χ0n) is 22.7. The molecule has 0 fully saturated rings. The Hall–Kier alpha value is -5.60. The van der Waals surface area contributed by atoms with Crippen molar-refractivity contribution in [1.82, 2.24) is 31.2 Å². The third-order valence-corrected chi connectivity index (χ3v) is 5.63. The largest absolute Gasteiger partial charge is 0.481 e. The molecule has 0 unspecified atom stereocenters. The first kappa shape index (κ1) is 36.4. The summed E-state index contributed by atoms with van der Waals surface area (Å²) < 4.78 is 0. The van der Waals surface area contributed by atoms with Crippen molar-refractivity contribution in [3.63, 3.8) is 0 Å². The van der Waals surface area contributed by atoms with E-state index in [-0.39, 0.29) is 12.1 Å². The van der Waals surface area contributed by atoms with Crippen molar-refractivity contribution in [3.8, 4) is 0 Å². The molecule has 0 spiro atoms. The second-order valence-electron chi connectivity index (χ2n) is 9.20. The molecule has 21 heteroatoms. The van der Waals surface area contributed by atoms with Crippen molar-refractivity contribution in [2.45, 2.75) is 68.7 Å². The lowest BCUT2D eigenvalue weighted by atomic mass is 10.1. The number of hydrogen-bond acceptors (Lipinski definition) is 11. The molecule has 1 rings (SSSR count). The lowest BCUT2D eigenvalue weighted by molar-refractivity contribution is -0.147. The van der Waals surface area contributed by atoms with Crippen molar-refractivity contribution in [2.24, 2.45) is 5.73 Å². The Kier molecular flexibility index (Phi) is 14.4. The minimum atomic E-state index is -1.97. The Bertz CT molecular complexity index is 1250. The number of rotatable bonds is 20. The fraction of sp³-hybridized carbons (Fsp3) is 0.478. The molecule has 0 saturated heterocycles. The minimum absolute atomic E-state index is 0.274. The number of nitrogens with one attached hydrogen (secondary N) is 5. The van der Waals surface area contributed by atoms with Gasteiger partial charge in [0.05, 0.1) is 31.6 Å². The van der Waals surface area contributed by atoms with Crippen molar-refractivity contribution < 1.29 is 68.7 Å². The normalized spacial score (nSPS) is 14.0. The van der Waals surface area contributed by atoms with Gasteiger partial charge in [0.1, 0.15) is 24.2 Å². The first-order valence-corrected chi connectivity index (χ1v) is 12.5. The van der Waals surface area contributed by atoms with E-state index in [1.54, 1.807) is 0 Å². The predicted molar refractivity (Wildman–Crippen MR) is 139 cm³/mol. The van der Waals surface area contributed by atoms with Gasteiger partial charge in [-0.05, 0) is 6.42 Å². The van der Waals surface area contributed by atoms with Gasteiger partial charge in [0.15, 0.2) is 0 Å². The molecule has 0 aromatic carbocycles. The predicted octanol–water partition coefficient (Wildman–Crippen LogP) is -4.41. The van der Waals surface area contributed by atoms with Crippen LogP contribution in [0.2, 0.25) is 0 Å². The maximum Gasteiger partial charge on any atom is 0.326 e. The Morgan fingerprint density at radius 1 is 0.659 bits per heavy atom. The fourth-order valence-electron chi connectivity index (χ4n) is 3.50. The number of amides is 4. The second-order valence-corrected chi connectivity index (χ2v) is 9.20. The number of nitrogens with zero attached hydrogens (tertiary/aromatic N) is 1. The van der Waals surface area contributed by atoms with E-state index in [1.165, 1.54) is 12.5 Å². The van der Waals surface area contributed by atoms with E-state index in [4.69, 9.17) is 21.1 Å². The van der Waals surface area contributed by atoms with E-state index in [0.717, 1.165) is 0 Å². The zero-order chi connectivity index (χ0) is 33.6. The average Bonchev–Trinajstić information content (AvgIpc) is 3.41. The average molecular weight is 630 g/mol. The summed E-state index contributed by atoms with van der Waals surface area (Å²) in [6, 6.07) is -8.91. The van der Waals surface area contributed by atoms with Crippen LogP contribution < -0.4 is 27.0 Å². The van der Waals surface area contributed by atoms with Crippen LogP contribution in [-0.4, -0.2) is 119 Å². The number of carboxylic acid groups (broad SMARTS) is 5. The van der Waals surface area contributed by atoms with Gasteiger partial charge in [-0.25, -0.2) is 9.78 Å². The lowest BCUT2D eigenvalue weighted by Crippen LogP contribution is -2.59. The molecular formula is C23H31N7O14. The first-order chi connectivity index (χ1) is 20.5. The van der Waals surface area contributed by atoms with Crippen LogP contribution >= 0.6 is 0 Å². The third-order valence-electron chi connectivity index (χ3n) is 5.63. The number of carbonyl (C=O) groups is 9. The molecule has 21 nitrogen and oxygen atoms in total. The number of aromatic nitrogens is 2. The number of aliphatic carboxylic acids is 5. The molecule has 44 heavy (non-hydrogen) atoms. The molecule has 0 bridgehead atoms. The first-order valence-electron chi connectivity index (χ1n) is 12.5. The van der Waals surface area contributed by atoms with Gasteiger partial charge in [-0.1, -0.05) is 0 Å². The zero-order valence-corrected chi connectivity index (χ0v) is 22.7. The maximum absolute atomic E-state index is 13.1. The summed E-state index contributed by atoms with van der Waals surface area (Å²) in [4.78, 5) is 113. The number of imidazole rings is 1. The van der Waals surface area contributed by atoms with Gasteiger partial charge >= 0.3 is 29.8 Å². The van der Waals surface area contributed by atoms with E-state index >= 15 is 0 Å². The molecule has 242 valence electrons. The van der Waals surface area contributed by atoms with Crippen molar-refractivity contribution >= 4 is 53.5 Å². The molecule has 1 aromatic heterocycles. The van der Waals surface area contributed by atoms with Crippen molar-refractivity contribution in [1.29, 1.82) is 0 Å². The Labute approximate surface area is 246 Å². The van der Waals surface area contributed by atoms with Gasteiger partial charge in [0.2, 0.25) is 23.6 Å². The van der Waals surface area contributed by atoms with Crippen LogP contribution in [0.25, 0.3) is 0 Å². The molecule has 0 radical (unpaired) electrons. The van der Waals surface area contributed by atoms with Crippen LogP contribution in [0.5, 0.6) is 0 Å². The van der Waals surface area contributed by atoms with Crippen LogP contribution in [0, 0.1) is 0 Å². The Morgan fingerprint density at radius 2 is 1.14 bits per heavy atom. The van der Waals surface area contributed by atoms with Gasteiger partial charge in [-0.15, -0.1) is 0 Å². The highest BCUT2D eigenvalue weighted by Gasteiger charge is 2.34.